The fourth-order valence-corrected chi connectivity index (χ4v) is 3.89. The maximum absolute atomic E-state index is 13.9. The molecule has 23 heavy (non-hydrogen) atoms. The molecule has 2 aromatic rings. The van der Waals surface area contributed by atoms with Crippen LogP contribution in [0.25, 0.3) is 0 Å². The third-order valence-electron chi connectivity index (χ3n) is 3.74. The van der Waals surface area contributed by atoms with Gasteiger partial charge in [-0.1, -0.05) is 15.9 Å². The van der Waals surface area contributed by atoms with Gasteiger partial charge < -0.3 is 10.2 Å². The lowest BCUT2D eigenvalue weighted by molar-refractivity contribution is 0.102. The number of halogens is 2. The predicted molar refractivity (Wildman–Crippen MR) is 97.1 cm³/mol. The van der Waals surface area contributed by atoms with Gasteiger partial charge in [0.1, 0.15) is 5.82 Å². The van der Waals surface area contributed by atoms with Crippen molar-refractivity contribution in [2.24, 2.45) is 0 Å². The van der Waals surface area contributed by atoms with E-state index in [0.717, 1.165) is 24.5 Å². The van der Waals surface area contributed by atoms with Gasteiger partial charge in [-0.25, -0.2) is 4.39 Å². The van der Waals surface area contributed by atoms with E-state index in [9.17, 15) is 9.18 Å². The lowest BCUT2D eigenvalue weighted by Crippen LogP contribution is -2.29. The van der Waals surface area contributed by atoms with Crippen LogP contribution in [0.3, 0.4) is 0 Å². The van der Waals surface area contributed by atoms with E-state index < -0.39 is 5.82 Å². The lowest BCUT2D eigenvalue weighted by Gasteiger charge is -2.30. The second kappa shape index (κ2) is 6.93. The van der Waals surface area contributed by atoms with E-state index in [1.807, 2.05) is 12.1 Å². The van der Waals surface area contributed by atoms with Crippen molar-refractivity contribution in [3.05, 3.63) is 52.3 Å². The molecule has 2 aromatic carbocycles. The number of nitrogens with one attached hydrogen (secondary N) is 1. The number of hydrogen-bond acceptors (Lipinski definition) is 3. The highest BCUT2D eigenvalue weighted by Crippen LogP contribution is 2.35. The normalized spacial score (nSPS) is 13.6. The number of anilines is 2. The Balaban J connectivity index is 1.85. The average Bonchev–Trinajstić information content (AvgIpc) is 2.56. The molecule has 1 amide bonds. The summed E-state index contributed by atoms with van der Waals surface area (Å²) in [5.74, 6) is 0.285. The summed E-state index contributed by atoms with van der Waals surface area (Å²) in [6.45, 7) is 3.98. The molecule has 1 aliphatic heterocycles. The molecule has 0 aromatic heterocycles. The third kappa shape index (κ3) is 3.53. The number of benzene rings is 2. The highest BCUT2D eigenvalue weighted by atomic mass is 79.9. The van der Waals surface area contributed by atoms with Crippen LogP contribution in [0.5, 0.6) is 0 Å². The van der Waals surface area contributed by atoms with Crippen molar-refractivity contribution in [1.82, 2.24) is 0 Å². The molecule has 0 bridgehead atoms. The van der Waals surface area contributed by atoms with Crippen LogP contribution in [0, 0.1) is 5.82 Å². The monoisotopic (exact) mass is 394 g/mol. The molecule has 1 N–H and O–H groups in total. The summed E-state index contributed by atoms with van der Waals surface area (Å²) < 4.78 is 14.5. The first-order valence-electron chi connectivity index (χ1n) is 7.36. The Bertz CT molecular complexity index is 753. The molecule has 0 spiro atoms. The number of hydrogen-bond donors (Lipinski definition) is 1. The van der Waals surface area contributed by atoms with E-state index in [2.05, 4.69) is 33.1 Å². The second-order valence-electron chi connectivity index (χ2n) is 5.19. The van der Waals surface area contributed by atoms with E-state index in [1.165, 1.54) is 11.0 Å². The van der Waals surface area contributed by atoms with Gasteiger partial charge in [0.25, 0.3) is 5.91 Å². The molecule has 3 nitrogen and oxygen atoms in total. The van der Waals surface area contributed by atoms with Gasteiger partial charge in [-0.05, 0) is 43.3 Å². The van der Waals surface area contributed by atoms with Crippen LogP contribution in [0.1, 0.15) is 17.3 Å². The molecule has 0 atom stereocenters. The van der Waals surface area contributed by atoms with Gasteiger partial charge in [0, 0.05) is 33.8 Å². The molecule has 6 heteroatoms. The van der Waals surface area contributed by atoms with Crippen LogP contribution < -0.4 is 10.2 Å². The number of carbonyl (C=O) groups excluding carboxylic acids is 1. The number of thioether (sulfide) groups is 1. The molecule has 0 saturated heterocycles. The Morgan fingerprint density at radius 2 is 2.17 bits per heavy atom. The first-order chi connectivity index (χ1) is 11.1. The van der Waals surface area contributed by atoms with Crippen LogP contribution in [-0.4, -0.2) is 24.7 Å². The van der Waals surface area contributed by atoms with Crippen LogP contribution in [0.2, 0.25) is 0 Å². The van der Waals surface area contributed by atoms with Gasteiger partial charge in [-0.3, -0.25) is 4.79 Å². The molecule has 120 valence electrons. The lowest BCUT2D eigenvalue weighted by atomic mass is 10.1. The zero-order valence-corrected chi connectivity index (χ0v) is 15.0. The Kier molecular flexibility index (Phi) is 4.92. The highest BCUT2D eigenvalue weighted by molar-refractivity contribution is 9.10. The van der Waals surface area contributed by atoms with Crippen molar-refractivity contribution in [2.45, 2.75) is 11.8 Å². The third-order valence-corrected chi connectivity index (χ3v) is 5.28. The Morgan fingerprint density at radius 3 is 2.91 bits per heavy atom. The molecule has 1 heterocycles. The molecule has 1 aliphatic rings. The van der Waals surface area contributed by atoms with Gasteiger partial charge in [-0.2, -0.15) is 0 Å². The molecule has 0 radical (unpaired) electrons. The van der Waals surface area contributed by atoms with Gasteiger partial charge in [0.05, 0.1) is 11.4 Å². The Labute approximate surface area is 147 Å². The summed E-state index contributed by atoms with van der Waals surface area (Å²) in [4.78, 5) is 15.9. The molecule has 3 rings (SSSR count). The average molecular weight is 395 g/mol. The summed E-state index contributed by atoms with van der Waals surface area (Å²) in [7, 11) is 0. The van der Waals surface area contributed by atoms with E-state index in [4.69, 9.17) is 0 Å². The predicted octanol–water partition coefficient (Wildman–Crippen LogP) is 4.77. The van der Waals surface area contributed by atoms with E-state index >= 15 is 0 Å². The Hall–Kier alpha value is -1.53. The summed E-state index contributed by atoms with van der Waals surface area (Å²) in [5.41, 5.74) is 1.79. The Morgan fingerprint density at radius 1 is 1.35 bits per heavy atom. The number of nitrogens with zero attached hydrogens (tertiary/aromatic N) is 1. The summed E-state index contributed by atoms with van der Waals surface area (Å²) in [5, 5.41) is 2.63. The van der Waals surface area contributed by atoms with E-state index in [0.29, 0.717) is 10.0 Å². The SMILES string of the molecule is CCN1CCSc2ccc(C(=O)Nc3ccc(Br)cc3F)cc21. The van der Waals surface area contributed by atoms with Crippen LogP contribution in [-0.2, 0) is 0 Å². The largest absolute Gasteiger partial charge is 0.370 e. The van der Waals surface area contributed by atoms with Crippen LogP contribution in [0.4, 0.5) is 15.8 Å². The van der Waals surface area contributed by atoms with Gasteiger partial charge in [-0.15, -0.1) is 11.8 Å². The summed E-state index contributed by atoms with van der Waals surface area (Å²) in [6.07, 6.45) is 0. The molecular formula is C17H16BrFN2OS. The molecule has 0 saturated carbocycles. The quantitative estimate of drug-likeness (QED) is 0.813. The standard InChI is InChI=1S/C17H16BrFN2OS/c1-2-21-7-8-23-16-6-3-11(9-15(16)21)17(22)20-14-5-4-12(18)10-13(14)19/h3-6,9-10H,2,7-8H2,1H3,(H,20,22). The maximum Gasteiger partial charge on any atom is 0.255 e. The van der Waals surface area contributed by atoms with E-state index in [-0.39, 0.29) is 11.6 Å². The minimum absolute atomic E-state index is 0.178. The zero-order chi connectivity index (χ0) is 16.4. The highest BCUT2D eigenvalue weighted by Gasteiger charge is 2.18. The maximum atomic E-state index is 13.9. The number of carbonyl (C=O) groups is 1. The van der Waals surface area contributed by atoms with Crippen molar-refractivity contribution in [3.8, 4) is 0 Å². The van der Waals surface area contributed by atoms with Crippen molar-refractivity contribution in [2.75, 3.05) is 29.1 Å². The number of fused-ring (bicyclic) bond motifs is 1. The number of amides is 1. The fourth-order valence-electron chi connectivity index (χ4n) is 2.53. The molecule has 0 unspecified atom stereocenters. The van der Waals surface area contributed by atoms with Gasteiger partial charge in [0.2, 0.25) is 0 Å². The first kappa shape index (κ1) is 16.3. The van der Waals surface area contributed by atoms with Crippen molar-refractivity contribution in [3.63, 3.8) is 0 Å². The molecule has 0 aliphatic carbocycles. The first-order valence-corrected chi connectivity index (χ1v) is 9.14. The second-order valence-corrected chi connectivity index (χ2v) is 7.24. The van der Waals surface area contributed by atoms with Crippen molar-refractivity contribution >= 4 is 45.0 Å². The van der Waals surface area contributed by atoms with Crippen molar-refractivity contribution in [1.29, 1.82) is 0 Å². The minimum Gasteiger partial charge on any atom is -0.370 e. The van der Waals surface area contributed by atoms with Crippen LogP contribution in [0.15, 0.2) is 45.8 Å². The fraction of sp³-hybridized carbons (Fsp3) is 0.235. The van der Waals surface area contributed by atoms with Gasteiger partial charge >= 0.3 is 0 Å². The number of rotatable bonds is 3. The van der Waals surface area contributed by atoms with Crippen molar-refractivity contribution < 1.29 is 9.18 Å². The minimum atomic E-state index is -0.462. The summed E-state index contributed by atoms with van der Waals surface area (Å²) >= 11 is 5.00. The molecule has 0 fully saturated rings. The topological polar surface area (TPSA) is 32.3 Å². The smallest absolute Gasteiger partial charge is 0.255 e. The molecular weight excluding hydrogens is 379 g/mol. The van der Waals surface area contributed by atoms with Gasteiger partial charge in [0.15, 0.2) is 0 Å². The van der Waals surface area contributed by atoms with E-state index in [1.54, 1.807) is 30.0 Å². The van der Waals surface area contributed by atoms with Crippen LogP contribution >= 0.6 is 27.7 Å². The zero-order valence-electron chi connectivity index (χ0n) is 12.6. The summed E-state index contributed by atoms with van der Waals surface area (Å²) in [6, 6.07) is 10.2.